The van der Waals surface area contributed by atoms with E-state index in [0.29, 0.717) is 30.5 Å². The summed E-state index contributed by atoms with van der Waals surface area (Å²) >= 11 is 0. The van der Waals surface area contributed by atoms with E-state index >= 15 is 0 Å². The number of anilines is 1. The highest BCUT2D eigenvalue weighted by atomic mass is 32.2. The van der Waals surface area contributed by atoms with Crippen molar-refractivity contribution >= 4 is 27.7 Å². The van der Waals surface area contributed by atoms with E-state index in [-0.39, 0.29) is 5.91 Å². The lowest BCUT2D eigenvalue weighted by Gasteiger charge is -2.21. The summed E-state index contributed by atoms with van der Waals surface area (Å²) in [6.07, 6.45) is 8.77. The summed E-state index contributed by atoms with van der Waals surface area (Å²) in [6, 6.07) is 15.6. The number of benzene rings is 2. The molecule has 1 aliphatic rings. The third-order valence-corrected chi connectivity index (χ3v) is 6.17. The van der Waals surface area contributed by atoms with Crippen LogP contribution >= 0.6 is 0 Å². The highest BCUT2D eigenvalue weighted by Crippen LogP contribution is 2.20. The zero-order valence-corrected chi connectivity index (χ0v) is 18.4. The van der Waals surface area contributed by atoms with Crippen LogP contribution in [0.3, 0.4) is 0 Å². The molecule has 2 aromatic rings. The molecule has 1 aliphatic carbocycles. The first-order chi connectivity index (χ1) is 15.0. The predicted octanol–water partition coefficient (Wildman–Crippen LogP) is 4.57. The summed E-state index contributed by atoms with van der Waals surface area (Å²) in [4.78, 5) is 12.3. The second-order valence-corrected chi connectivity index (χ2v) is 9.24. The molecule has 0 aromatic heterocycles. The lowest BCUT2D eigenvalue weighted by atomic mass is 9.98. The Labute approximate surface area is 184 Å². The molecule has 1 amide bonds. The second-order valence-electron chi connectivity index (χ2n) is 7.68. The second kappa shape index (κ2) is 11.7. The lowest BCUT2D eigenvalue weighted by molar-refractivity contribution is 0.0273. The highest BCUT2D eigenvalue weighted by Gasteiger charge is 2.13. The van der Waals surface area contributed by atoms with Gasteiger partial charge in [0, 0.05) is 24.4 Å². The van der Waals surface area contributed by atoms with Gasteiger partial charge in [0.25, 0.3) is 15.9 Å². The number of carbonyl (C=O) groups is 1. The smallest absolute Gasteiger partial charge is 0.255 e. The van der Waals surface area contributed by atoms with Gasteiger partial charge in [0.1, 0.15) is 0 Å². The molecule has 0 aliphatic heterocycles. The molecular formula is C24H30N2O4S. The monoisotopic (exact) mass is 442 g/mol. The van der Waals surface area contributed by atoms with E-state index in [1.165, 1.54) is 25.3 Å². The molecule has 3 rings (SSSR count). The summed E-state index contributed by atoms with van der Waals surface area (Å²) in [7, 11) is -3.64. The van der Waals surface area contributed by atoms with Crippen LogP contribution in [0.15, 0.2) is 60.0 Å². The first-order valence-electron chi connectivity index (χ1n) is 10.8. The maximum absolute atomic E-state index is 12.3. The van der Waals surface area contributed by atoms with Gasteiger partial charge in [-0.25, -0.2) is 8.42 Å². The molecule has 2 N–H and O–H groups in total. The molecule has 0 atom stereocenters. The van der Waals surface area contributed by atoms with Crippen molar-refractivity contribution in [3.05, 3.63) is 71.1 Å². The van der Waals surface area contributed by atoms with Crippen LogP contribution in [0, 0.1) is 0 Å². The molecule has 0 unspecified atom stereocenters. The summed E-state index contributed by atoms with van der Waals surface area (Å²) in [5.41, 5.74) is 1.68. The van der Waals surface area contributed by atoms with Crippen LogP contribution in [-0.2, 0) is 14.8 Å². The number of ether oxygens (including phenoxy) is 1. The number of rotatable bonds is 10. The van der Waals surface area contributed by atoms with Crippen LogP contribution in [0.4, 0.5) is 5.69 Å². The Morgan fingerprint density at radius 1 is 1.00 bits per heavy atom. The van der Waals surface area contributed by atoms with Crippen molar-refractivity contribution in [2.75, 3.05) is 17.9 Å². The van der Waals surface area contributed by atoms with Crippen LogP contribution in [0.5, 0.6) is 0 Å². The summed E-state index contributed by atoms with van der Waals surface area (Å²) in [5, 5.41) is 4.00. The van der Waals surface area contributed by atoms with Gasteiger partial charge in [0.2, 0.25) is 0 Å². The van der Waals surface area contributed by atoms with Crippen LogP contribution in [0.2, 0.25) is 0 Å². The molecule has 166 valence electrons. The van der Waals surface area contributed by atoms with E-state index in [1.807, 2.05) is 30.3 Å². The van der Waals surface area contributed by atoms with Gasteiger partial charge in [0.05, 0.1) is 11.5 Å². The number of hydrogen-bond donors (Lipinski definition) is 2. The average molecular weight is 443 g/mol. The van der Waals surface area contributed by atoms with Gasteiger partial charge in [0.15, 0.2) is 0 Å². The molecular weight excluding hydrogens is 412 g/mol. The fourth-order valence-electron chi connectivity index (χ4n) is 3.48. The van der Waals surface area contributed by atoms with E-state index < -0.39 is 10.0 Å². The number of carbonyl (C=O) groups excluding carboxylic acids is 1. The SMILES string of the molecule is O=C(NCCCOC1CCCCC1)c1ccc(NS(=O)(=O)/C=C/c2ccccc2)cc1. The standard InChI is InChI=1S/C24H30N2O4S/c27-24(25-17-7-18-30-23-10-5-2-6-11-23)21-12-14-22(15-13-21)26-31(28,29)19-16-20-8-3-1-4-9-20/h1,3-4,8-9,12-16,19,23,26H,2,5-7,10-11,17-18H2,(H,25,27)/b19-16+. The molecule has 0 radical (unpaired) electrons. The van der Waals surface area contributed by atoms with Crippen molar-refractivity contribution in [3.8, 4) is 0 Å². The zero-order chi connectivity index (χ0) is 21.9. The van der Waals surface area contributed by atoms with Crippen LogP contribution in [0.1, 0.15) is 54.4 Å². The van der Waals surface area contributed by atoms with Crippen molar-refractivity contribution in [2.45, 2.75) is 44.6 Å². The Morgan fingerprint density at radius 2 is 1.71 bits per heavy atom. The number of nitrogens with one attached hydrogen (secondary N) is 2. The number of sulfonamides is 1. The van der Waals surface area contributed by atoms with Crippen LogP contribution in [-0.4, -0.2) is 33.6 Å². The maximum Gasteiger partial charge on any atom is 0.255 e. The van der Waals surface area contributed by atoms with Crippen molar-refractivity contribution in [2.24, 2.45) is 0 Å². The molecule has 6 nitrogen and oxygen atoms in total. The van der Waals surface area contributed by atoms with Crippen molar-refractivity contribution in [3.63, 3.8) is 0 Å². The Hall–Kier alpha value is -2.64. The summed E-state index contributed by atoms with van der Waals surface area (Å²) in [6.45, 7) is 1.20. The Morgan fingerprint density at radius 3 is 2.42 bits per heavy atom. The molecule has 0 bridgehead atoms. The van der Waals surface area contributed by atoms with Crippen molar-refractivity contribution in [1.82, 2.24) is 5.32 Å². The van der Waals surface area contributed by atoms with E-state index in [2.05, 4.69) is 10.0 Å². The Bertz CT molecular complexity index is 951. The minimum atomic E-state index is -3.64. The fraction of sp³-hybridized carbons (Fsp3) is 0.375. The summed E-state index contributed by atoms with van der Waals surface area (Å²) < 4.78 is 32.8. The van der Waals surface area contributed by atoms with Gasteiger partial charge >= 0.3 is 0 Å². The minimum Gasteiger partial charge on any atom is -0.378 e. The molecule has 1 saturated carbocycles. The third kappa shape index (κ3) is 8.19. The highest BCUT2D eigenvalue weighted by molar-refractivity contribution is 7.95. The van der Waals surface area contributed by atoms with Gasteiger partial charge in [-0.2, -0.15) is 0 Å². The molecule has 31 heavy (non-hydrogen) atoms. The van der Waals surface area contributed by atoms with Gasteiger partial charge in [-0.3, -0.25) is 9.52 Å². The molecule has 1 fully saturated rings. The first-order valence-corrected chi connectivity index (χ1v) is 12.3. The molecule has 0 heterocycles. The molecule has 7 heteroatoms. The number of hydrogen-bond acceptors (Lipinski definition) is 4. The van der Waals surface area contributed by atoms with Gasteiger partial charge in [-0.15, -0.1) is 0 Å². The average Bonchev–Trinajstić information content (AvgIpc) is 2.79. The Balaban J connectivity index is 1.41. The number of amides is 1. The third-order valence-electron chi connectivity index (χ3n) is 5.16. The van der Waals surface area contributed by atoms with E-state index in [0.717, 1.165) is 30.2 Å². The topological polar surface area (TPSA) is 84.5 Å². The van der Waals surface area contributed by atoms with Gasteiger partial charge in [-0.1, -0.05) is 49.6 Å². The first kappa shape index (κ1) is 23.0. The summed E-state index contributed by atoms with van der Waals surface area (Å²) in [5.74, 6) is -0.184. The van der Waals surface area contributed by atoms with E-state index in [9.17, 15) is 13.2 Å². The van der Waals surface area contributed by atoms with Gasteiger partial charge < -0.3 is 10.1 Å². The van der Waals surface area contributed by atoms with E-state index in [4.69, 9.17) is 4.74 Å². The molecule has 0 spiro atoms. The van der Waals surface area contributed by atoms with Gasteiger partial charge in [-0.05, 0) is 55.2 Å². The fourth-order valence-corrected chi connectivity index (χ4v) is 4.35. The largest absolute Gasteiger partial charge is 0.378 e. The zero-order valence-electron chi connectivity index (χ0n) is 17.6. The molecule has 2 aromatic carbocycles. The maximum atomic E-state index is 12.3. The minimum absolute atomic E-state index is 0.184. The Kier molecular flexibility index (Phi) is 8.67. The lowest BCUT2D eigenvalue weighted by Crippen LogP contribution is -2.26. The van der Waals surface area contributed by atoms with Crippen molar-refractivity contribution < 1.29 is 17.9 Å². The van der Waals surface area contributed by atoms with Crippen LogP contribution in [0.25, 0.3) is 6.08 Å². The van der Waals surface area contributed by atoms with Crippen LogP contribution < -0.4 is 10.0 Å². The molecule has 0 saturated heterocycles. The normalized spacial score (nSPS) is 15.1. The predicted molar refractivity (Wildman–Crippen MR) is 124 cm³/mol. The quantitative estimate of drug-likeness (QED) is 0.528. The van der Waals surface area contributed by atoms with E-state index in [1.54, 1.807) is 24.3 Å². The van der Waals surface area contributed by atoms with Crippen molar-refractivity contribution in [1.29, 1.82) is 0 Å².